The number of furan rings is 1. The summed E-state index contributed by atoms with van der Waals surface area (Å²) >= 11 is 1.75. The van der Waals surface area contributed by atoms with Crippen molar-refractivity contribution in [2.45, 2.75) is 0 Å². The van der Waals surface area contributed by atoms with Crippen molar-refractivity contribution in [2.24, 2.45) is 0 Å². The van der Waals surface area contributed by atoms with Gasteiger partial charge in [0.2, 0.25) is 0 Å². The van der Waals surface area contributed by atoms with Gasteiger partial charge in [-0.05, 0) is 56.9 Å². The molecule has 0 aliphatic carbocycles. The maximum atomic E-state index is 6.82. The molecule has 0 amide bonds. The minimum absolute atomic E-state index is 0.663. The molecule has 0 N–H and O–H groups in total. The highest BCUT2D eigenvalue weighted by molar-refractivity contribution is 7.26. The predicted octanol–water partition coefficient (Wildman–Crippen LogP) is 12.1. The normalized spacial score (nSPS) is 11.9. The molecule has 46 heavy (non-hydrogen) atoms. The van der Waals surface area contributed by atoms with E-state index in [0.29, 0.717) is 5.82 Å². The standard InChI is InChI=1S/C42H24N2OS/c1-2-12-26(13-3-1)34-24-35-37(30-16-7-6-15-29(30)34)32-18-10-19-33(40(32)45-35)42-43-38(28-22-21-25-11-4-5-14-27(25)23-28)41-39(44-42)31-17-8-9-20-36(31)46-41/h1-24H. The second-order valence-corrected chi connectivity index (χ2v) is 12.8. The summed E-state index contributed by atoms with van der Waals surface area (Å²) in [6.45, 7) is 0. The third-order valence-electron chi connectivity index (χ3n) is 9.07. The number of thiophene rings is 1. The molecule has 3 heterocycles. The van der Waals surface area contributed by atoms with Crippen LogP contribution in [0.1, 0.15) is 0 Å². The molecule has 0 saturated heterocycles. The number of hydrogen-bond donors (Lipinski definition) is 0. The van der Waals surface area contributed by atoms with Gasteiger partial charge in [-0.2, -0.15) is 0 Å². The van der Waals surface area contributed by atoms with Crippen molar-refractivity contribution in [3.63, 3.8) is 0 Å². The Labute approximate surface area is 268 Å². The van der Waals surface area contributed by atoms with Gasteiger partial charge in [0.15, 0.2) is 5.82 Å². The van der Waals surface area contributed by atoms with E-state index in [0.717, 1.165) is 59.9 Å². The van der Waals surface area contributed by atoms with Crippen LogP contribution in [0.2, 0.25) is 0 Å². The monoisotopic (exact) mass is 604 g/mol. The minimum Gasteiger partial charge on any atom is -0.455 e. The maximum Gasteiger partial charge on any atom is 0.164 e. The molecular formula is C42H24N2OS. The Morgan fingerprint density at radius 1 is 0.500 bits per heavy atom. The third kappa shape index (κ3) is 3.77. The second kappa shape index (κ2) is 9.83. The van der Waals surface area contributed by atoms with Gasteiger partial charge >= 0.3 is 0 Å². The molecule has 214 valence electrons. The predicted molar refractivity (Wildman–Crippen MR) is 194 cm³/mol. The van der Waals surface area contributed by atoms with Gasteiger partial charge in [-0.3, -0.25) is 0 Å². The van der Waals surface area contributed by atoms with Crippen molar-refractivity contribution in [2.75, 3.05) is 0 Å². The topological polar surface area (TPSA) is 38.9 Å². The van der Waals surface area contributed by atoms with Crippen LogP contribution in [0.3, 0.4) is 0 Å². The lowest BCUT2D eigenvalue weighted by Crippen LogP contribution is -1.94. The van der Waals surface area contributed by atoms with Crippen LogP contribution < -0.4 is 0 Å². The molecule has 7 aromatic carbocycles. The van der Waals surface area contributed by atoms with Crippen LogP contribution in [0.15, 0.2) is 150 Å². The molecule has 4 heteroatoms. The maximum absolute atomic E-state index is 6.82. The molecule has 0 saturated carbocycles. The molecule has 0 radical (unpaired) electrons. The van der Waals surface area contributed by atoms with Crippen molar-refractivity contribution in [1.29, 1.82) is 0 Å². The van der Waals surface area contributed by atoms with E-state index in [9.17, 15) is 0 Å². The SMILES string of the molecule is c1ccc(-c2cc3oc4c(-c5nc(-c6ccc7ccccc7c6)c6sc7ccccc7c6n5)cccc4c3c3ccccc23)cc1. The van der Waals surface area contributed by atoms with Crippen LogP contribution >= 0.6 is 11.3 Å². The van der Waals surface area contributed by atoms with Gasteiger partial charge in [0.05, 0.1) is 21.5 Å². The lowest BCUT2D eigenvalue weighted by Gasteiger charge is -2.09. The molecule has 0 aliphatic rings. The summed E-state index contributed by atoms with van der Waals surface area (Å²) in [4.78, 5) is 10.6. The van der Waals surface area contributed by atoms with Crippen molar-refractivity contribution in [3.8, 4) is 33.8 Å². The van der Waals surface area contributed by atoms with E-state index in [1.165, 1.54) is 31.8 Å². The number of rotatable bonds is 3. The van der Waals surface area contributed by atoms with E-state index in [2.05, 4.69) is 146 Å². The van der Waals surface area contributed by atoms with Gasteiger partial charge in [-0.1, -0.05) is 121 Å². The Kier molecular flexibility index (Phi) is 5.45. The zero-order chi connectivity index (χ0) is 30.2. The van der Waals surface area contributed by atoms with E-state index in [1.807, 2.05) is 0 Å². The molecular weight excluding hydrogens is 581 g/mol. The first kappa shape index (κ1) is 25.5. The third-order valence-corrected chi connectivity index (χ3v) is 10.2. The number of fused-ring (bicyclic) bond motifs is 9. The highest BCUT2D eigenvalue weighted by Crippen LogP contribution is 2.44. The lowest BCUT2D eigenvalue weighted by molar-refractivity contribution is 0.670. The molecule has 10 aromatic rings. The van der Waals surface area contributed by atoms with Crippen LogP contribution in [-0.4, -0.2) is 9.97 Å². The summed E-state index contributed by atoms with van der Waals surface area (Å²) < 4.78 is 9.11. The van der Waals surface area contributed by atoms with E-state index in [1.54, 1.807) is 11.3 Å². The first-order valence-electron chi connectivity index (χ1n) is 15.4. The van der Waals surface area contributed by atoms with E-state index in [4.69, 9.17) is 14.4 Å². The van der Waals surface area contributed by atoms with Gasteiger partial charge in [-0.15, -0.1) is 11.3 Å². The first-order chi connectivity index (χ1) is 22.8. The summed E-state index contributed by atoms with van der Waals surface area (Å²) in [7, 11) is 0. The van der Waals surface area contributed by atoms with Gasteiger partial charge in [0.1, 0.15) is 11.2 Å². The van der Waals surface area contributed by atoms with E-state index < -0.39 is 0 Å². The summed E-state index contributed by atoms with van der Waals surface area (Å²) in [6.07, 6.45) is 0. The van der Waals surface area contributed by atoms with E-state index >= 15 is 0 Å². The van der Waals surface area contributed by atoms with Crippen LogP contribution in [0.25, 0.3) is 97.6 Å². The van der Waals surface area contributed by atoms with Crippen LogP contribution in [0, 0.1) is 0 Å². The number of benzene rings is 7. The molecule has 0 atom stereocenters. The smallest absolute Gasteiger partial charge is 0.164 e. The molecule has 10 rings (SSSR count). The fraction of sp³-hybridized carbons (Fsp3) is 0. The zero-order valence-corrected chi connectivity index (χ0v) is 25.4. The van der Waals surface area contributed by atoms with Crippen LogP contribution in [-0.2, 0) is 0 Å². The summed E-state index contributed by atoms with van der Waals surface area (Å²) in [5, 5.41) is 8.10. The Hall–Kier alpha value is -5.84. The Morgan fingerprint density at radius 2 is 1.24 bits per heavy atom. The van der Waals surface area contributed by atoms with Gasteiger partial charge in [-0.25, -0.2) is 9.97 Å². The quantitative estimate of drug-likeness (QED) is 0.201. The van der Waals surface area contributed by atoms with Crippen molar-refractivity contribution >= 4 is 75.1 Å². The van der Waals surface area contributed by atoms with Gasteiger partial charge in [0, 0.05) is 26.4 Å². The fourth-order valence-corrected chi connectivity index (χ4v) is 8.09. The average molecular weight is 605 g/mol. The molecule has 0 unspecified atom stereocenters. The van der Waals surface area contributed by atoms with Crippen molar-refractivity contribution < 1.29 is 4.42 Å². The highest BCUT2D eigenvalue weighted by atomic mass is 32.1. The van der Waals surface area contributed by atoms with Crippen LogP contribution in [0.5, 0.6) is 0 Å². The van der Waals surface area contributed by atoms with Crippen LogP contribution in [0.4, 0.5) is 0 Å². The number of hydrogen-bond acceptors (Lipinski definition) is 4. The molecule has 0 spiro atoms. The average Bonchev–Trinajstić information content (AvgIpc) is 3.70. The molecule has 0 bridgehead atoms. The van der Waals surface area contributed by atoms with E-state index in [-0.39, 0.29) is 0 Å². The van der Waals surface area contributed by atoms with Crippen molar-refractivity contribution in [1.82, 2.24) is 9.97 Å². The molecule has 3 nitrogen and oxygen atoms in total. The summed E-state index contributed by atoms with van der Waals surface area (Å²) in [5.41, 5.74) is 7.86. The first-order valence-corrected chi connectivity index (χ1v) is 16.2. The Bertz CT molecular complexity index is 2810. The second-order valence-electron chi connectivity index (χ2n) is 11.7. The molecule has 3 aromatic heterocycles. The largest absolute Gasteiger partial charge is 0.455 e. The summed E-state index contributed by atoms with van der Waals surface area (Å²) in [5.74, 6) is 0.663. The number of para-hydroxylation sites is 1. The highest BCUT2D eigenvalue weighted by Gasteiger charge is 2.21. The Morgan fingerprint density at radius 3 is 2.13 bits per heavy atom. The summed E-state index contributed by atoms with van der Waals surface area (Å²) in [6, 6.07) is 51.2. The fourth-order valence-electron chi connectivity index (χ4n) is 6.94. The molecule has 0 aliphatic heterocycles. The lowest BCUT2D eigenvalue weighted by atomic mass is 9.95. The minimum atomic E-state index is 0.663. The number of aromatic nitrogens is 2. The molecule has 0 fully saturated rings. The Balaban J connectivity index is 1.28. The van der Waals surface area contributed by atoms with Crippen molar-refractivity contribution in [3.05, 3.63) is 146 Å². The van der Waals surface area contributed by atoms with Gasteiger partial charge in [0.25, 0.3) is 0 Å². The van der Waals surface area contributed by atoms with Gasteiger partial charge < -0.3 is 4.42 Å². The zero-order valence-electron chi connectivity index (χ0n) is 24.6. The number of nitrogens with zero attached hydrogens (tertiary/aromatic N) is 2.